The first kappa shape index (κ1) is 24.1. The van der Waals surface area contributed by atoms with Crippen LogP contribution in [0.3, 0.4) is 0 Å². The number of carbonyl (C=O) groups excluding carboxylic acids is 3. The maximum atomic E-state index is 13.1. The van der Waals surface area contributed by atoms with E-state index in [0.29, 0.717) is 49.7 Å². The van der Waals surface area contributed by atoms with Crippen molar-refractivity contribution in [1.29, 1.82) is 0 Å². The molecule has 0 aromatic heterocycles. The van der Waals surface area contributed by atoms with E-state index in [0.717, 1.165) is 24.8 Å². The van der Waals surface area contributed by atoms with Gasteiger partial charge in [-0.15, -0.1) is 0 Å². The van der Waals surface area contributed by atoms with Crippen LogP contribution in [0.1, 0.15) is 37.8 Å². The molecule has 9 nitrogen and oxygen atoms in total. The number of nitrogens with one attached hydrogen (secondary N) is 1. The Morgan fingerprint density at radius 3 is 2.50 bits per heavy atom. The fourth-order valence-electron chi connectivity index (χ4n) is 4.72. The number of amides is 3. The molecule has 1 aromatic carbocycles. The number of piperazine rings is 1. The van der Waals surface area contributed by atoms with Crippen LogP contribution < -0.4 is 10.1 Å². The van der Waals surface area contributed by atoms with Gasteiger partial charge < -0.3 is 19.7 Å². The smallest absolute Gasteiger partial charge is 0.338 e. The van der Waals surface area contributed by atoms with Crippen molar-refractivity contribution in [3.8, 4) is 5.75 Å². The lowest BCUT2D eigenvalue weighted by molar-refractivity contribution is -0.140. The average molecular weight is 471 g/mol. The highest BCUT2D eigenvalue weighted by Crippen LogP contribution is 2.33. The molecule has 1 saturated heterocycles. The highest BCUT2D eigenvalue weighted by atomic mass is 16.5. The van der Waals surface area contributed by atoms with E-state index in [1.807, 2.05) is 29.2 Å². The van der Waals surface area contributed by atoms with Crippen molar-refractivity contribution in [2.75, 3.05) is 53.5 Å². The highest BCUT2D eigenvalue weighted by Gasteiger charge is 2.38. The fraction of sp³-hybridized carbons (Fsp3) is 0.560. The molecule has 184 valence electrons. The zero-order chi connectivity index (χ0) is 24.2. The Bertz CT molecular complexity index is 966. The van der Waals surface area contributed by atoms with Crippen LogP contribution in [0.4, 0.5) is 4.79 Å². The molecule has 0 spiro atoms. The lowest BCUT2D eigenvalue weighted by atomic mass is 9.84. The van der Waals surface area contributed by atoms with E-state index in [9.17, 15) is 14.4 Å². The van der Waals surface area contributed by atoms with Gasteiger partial charge in [-0.1, -0.05) is 18.6 Å². The van der Waals surface area contributed by atoms with Crippen LogP contribution in [0.5, 0.6) is 5.75 Å². The molecule has 1 unspecified atom stereocenters. The molecular weight excluding hydrogens is 436 g/mol. The van der Waals surface area contributed by atoms with Gasteiger partial charge >= 0.3 is 12.0 Å². The molecule has 9 heteroatoms. The van der Waals surface area contributed by atoms with Crippen LogP contribution in [0.15, 0.2) is 35.5 Å². The molecule has 1 saturated carbocycles. The van der Waals surface area contributed by atoms with Gasteiger partial charge in [-0.3, -0.25) is 14.6 Å². The molecule has 0 radical (unpaired) electrons. The SMILES string of the molecule is CCOC(=O)C1=C(CN2CCN(C(=O)C3CCC3)CC2)N(C)C(=O)NC1c1cccc(OC)c1. The Balaban J connectivity index is 1.58. The number of hydrogen-bond acceptors (Lipinski definition) is 6. The highest BCUT2D eigenvalue weighted by molar-refractivity contribution is 5.95. The molecule has 4 rings (SSSR count). The van der Waals surface area contributed by atoms with Gasteiger partial charge in [-0.25, -0.2) is 9.59 Å². The largest absolute Gasteiger partial charge is 0.497 e. The van der Waals surface area contributed by atoms with Crippen LogP contribution in [0, 0.1) is 5.92 Å². The third kappa shape index (κ3) is 4.89. The Hall–Kier alpha value is -3.07. The maximum absolute atomic E-state index is 13.1. The van der Waals surface area contributed by atoms with E-state index >= 15 is 0 Å². The zero-order valence-corrected chi connectivity index (χ0v) is 20.2. The Morgan fingerprint density at radius 2 is 1.88 bits per heavy atom. The number of rotatable bonds is 7. The normalized spacial score (nSPS) is 21.7. The zero-order valence-electron chi connectivity index (χ0n) is 20.2. The molecule has 1 aromatic rings. The van der Waals surface area contributed by atoms with Gasteiger partial charge in [0.25, 0.3) is 0 Å². The first-order chi connectivity index (χ1) is 16.4. The van der Waals surface area contributed by atoms with Crippen molar-refractivity contribution < 1.29 is 23.9 Å². The molecule has 3 amide bonds. The molecular formula is C25H34N4O5. The molecule has 2 fully saturated rings. The third-order valence-electron chi connectivity index (χ3n) is 7.01. The van der Waals surface area contributed by atoms with E-state index in [2.05, 4.69) is 10.2 Å². The molecule has 3 aliphatic rings. The molecule has 1 aliphatic carbocycles. The standard InChI is InChI=1S/C25H34N4O5/c1-4-34-24(31)21-20(16-28-11-13-29(14-12-28)23(30)17-7-5-8-17)27(2)25(32)26-22(21)18-9-6-10-19(15-18)33-3/h6,9-10,15,17,22H,4-5,7-8,11-14,16H2,1-3H3,(H,26,32). The van der Waals surface area contributed by atoms with Crippen molar-refractivity contribution in [3.63, 3.8) is 0 Å². The van der Waals surface area contributed by atoms with E-state index in [1.165, 1.54) is 4.90 Å². The number of ether oxygens (including phenoxy) is 2. The quantitative estimate of drug-likeness (QED) is 0.614. The van der Waals surface area contributed by atoms with Gasteiger partial charge in [-0.05, 0) is 37.5 Å². The van der Waals surface area contributed by atoms with Gasteiger partial charge in [-0.2, -0.15) is 0 Å². The lowest BCUT2D eigenvalue weighted by Crippen LogP contribution is -2.54. The van der Waals surface area contributed by atoms with E-state index < -0.39 is 12.0 Å². The number of hydrogen-bond donors (Lipinski definition) is 1. The van der Waals surface area contributed by atoms with Crippen LogP contribution in [0.25, 0.3) is 0 Å². The Labute approximate surface area is 200 Å². The minimum atomic E-state index is -0.644. The minimum Gasteiger partial charge on any atom is -0.497 e. The van der Waals surface area contributed by atoms with Crippen molar-refractivity contribution in [3.05, 3.63) is 41.1 Å². The van der Waals surface area contributed by atoms with Crippen molar-refractivity contribution in [1.82, 2.24) is 20.0 Å². The first-order valence-corrected chi connectivity index (χ1v) is 12.0. The number of nitrogens with zero attached hydrogens (tertiary/aromatic N) is 3. The number of urea groups is 1. The third-order valence-corrected chi connectivity index (χ3v) is 7.01. The van der Waals surface area contributed by atoms with Crippen LogP contribution in [0.2, 0.25) is 0 Å². The number of carbonyl (C=O) groups is 3. The Kier molecular flexibility index (Phi) is 7.41. The summed E-state index contributed by atoms with van der Waals surface area (Å²) in [5, 5.41) is 2.94. The molecule has 34 heavy (non-hydrogen) atoms. The monoisotopic (exact) mass is 470 g/mol. The van der Waals surface area contributed by atoms with Crippen LogP contribution >= 0.6 is 0 Å². The summed E-state index contributed by atoms with van der Waals surface area (Å²) < 4.78 is 10.8. The van der Waals surface area contributed by atoms with E-state index in [-0.39, 0.29) is 24.5 Å². The summed E-state index contributed by atoms with van der Waals surface area (Å²) in [5.74, 6) is 0.657. The summed E-state index contributed by atoms with van der Waals surface area (Å²) in [4.78, 5) is 44.3. The van der Waals surface area contributed by atoms with Crippen LogP contribution in [-0.4, -0.2) is 86.1 Å². The van der Waals surface area contributed by atoms with Gasteiger partial charge in [0.2, 0.25) is 5.91 Å². The van der Waals surface area contributed by atoms with Crippen LogP contribution in [-0.2, 0) is 14.3 Å². The Morgan fingerprint density at radius 1 is 1.15 bits per heavy atom. The number of benzene rings is 1. The minimum absolute atomic E-state index is 0.196. The second kappa shape index (κ2) is 10.5. The number of likely N-dealkylation sites (N-methyl/N-ethyl adjacent to an activating group) is 1. The summed E-state index contributed by atoms with van der Waals surface area (Å²) >= 11 is 0. The maximum Gasteiger partial charge on any atom is 0.338 e. The predicted octanol–water partition coefficient (Wildman–Crippen LogP) is 2.15. The van der Waals surface area contributed by atoms with E-state index in [1.54, 1.807) is 21.1 Å². The van der Waals surface area contributed by atoms with E-state index in [4.69, 9.17) is 9.47 Å². The molecule has 2 heterocycles. The van der Waals surface area contributed by atoms with Gasteiger partial charge in [0.15, 0.2) is 0 Å². The number of methoxy groups -OCH3 is 1. The molecule has 1 N–H and O–H groups in total. The summed E-state index contributed by atoms with van der Waals surface area (Å²) in [6, 6.07) is 6.40. The topological polar surface area (TPSA) is 91.4 Å². The summed E-state index contributed by atoms with van der Waals surface area (Å²) in [6.45, 7) is 5.13. The summed E-state index contributed by atoms with van der Waals surface area (Å²) in [6.07, 6.45) is 3.14. The lowest BCUT2D eigenvalue weighted by Gasteiger charge is -2.41. The summed E-state index contributed by atoms with van der Waals surface area (Å²) in [7, 11) is 3.25. The van der Waals surface area contributed by atoms with Gasteiger partial charge in [0.05, 0.1) is 25.3 Å². The van der Waals surface area contributed by atoms with Gasteiger partial charge in [0, 0.05) is 51.4 Å². The predicted molar refractivity (Wildman–Crippen MR) is 126 cm³/mol. The average Bonchev–Trinajstić information content (AvgIpc) is 2.81. The van der Waals surface area contributed by atoms with Crippen molar-refractivity contribution in [2.45, 2.75) is 32.2 Å². The second-order valence-corrected chi connectivity index (χ2v) is 9.03. The van der Waals surface area contributed by atoms with Crippen molar-refractivity contribution in [2.24, 2.45) is 5.92 Å². The first-order valence-electron chi connectivity index (χ1n) is 12.0. The fourth-order valence-corrected chi connectivity index (χ4v) is 4.72. The molecule has 2 aliphatic heterocycles. The molecule has 1 atom stereocenters. The second-order valence-electron chi connectivity index (χ2n) is 9.03. The van der Waals surface area contributed by atoms with Crippen molar-refractivity contribution >= 4 is 17.9 Å². The van der Waals surface area contributed by atoms with Gasteiger partial charge in [0.1, 0.15) is 5.75 Å². The summed E-state index contributed by atoms with van der Waals surface area (Å²) in [5.41, 5.74) is 1.79. The number of esters is 1. The molecule has 0 bridgehead atoms.